The number of imidazole rings is 1. The molecule has 1 fully saturated rings. The third-order valence-electron chi connectivity index (χ3n) is 4.15. The van der Waals surface area contributed by atoms with E-state index in [4.69, 9.17) is 0 Å². The Bertz CT molecular complexity index is 639. The first kappa shape index (κ1) is 14.3. The van der Waals surface area contributed by atoms with Crippen LogP contribution in [-0.2, 0) is 0 Å². The molecule has 2 aromatic rings. The van der Waals surface area contributed by atoms with Crippen molar-refractivity contribution in [1.82, 2.24) is 14.9 Å². The van der Waals surface area contributed by atoms with Gasteiger partial charge < -0.3 is 9.88 Å². The minimum Gasteiger partial charge on any atom is -0.347 e. The van der Waals surface area contributed by atoms with Crippen molar-refractivity contribution in [1.29, 1.82) is 0 Å². The van der Waals surface area contributed by atoms with Crippen LogP contribution in [0.1, 0.15) is 41.2 Å². The fourth-order valence-corrected chi connectivity index (χ4v) is 3.38. The molecule has 1 N–H and O–H groups in total. The molecule has 4 nitrogen and oxygen atoms in total. The zero-order chi connectivity index (χ0) is 14.8. The minimum atomic E-state index is 0.00538. The van der Waals surface area contributed by atoms with Gasteiger partial charge in [-0.15, -0.1) is 0 Å². The number of aromatic nitrogens is 2. The molecular formula is C16H18BrN3O. The first-order valence-electron chi connectivity index (χ1n) is 7.19. The number of carbonyl (C=O) groups is 1. The predicted molar refractivity (Wildman–Crippen MR) is 85.2 cm³/mol. The van der Waals surface area contributed by atoms with Gasteiger partial charge in [0.15, 0.2) is 0 Å². The average molecular weight is 348 g/mol. The monoisotopic (exact) mass is 347 g/mol. The smallest absolute Gasteiger partial charge is 0.251 e. The highest BCUT2D eigenvalue weighted by molar-refractivity contribution is 9.10. The Morgan fingerprint density at radius 1 is 1.43 bits per heavy atom. The summed E-state index contributed by atoms with van der Waals surface area (Å²) in [4.78, 5) is 16.6. The molecule has 2 atom stereocenters. The molecule has 0 spiro atoms. The number of halogens is 1. The van der Waals surface area contributed by atoms with Crippen LogP contribution in [0.5, 0.6) is 0 Å². The molecule has 0 bridgehead atoms. The second-order valence-corrected chi connectivity index (χ2v) is 6.46. The topological polar surface area (TPSA) is 46.9 Å². The number of nitrogens with zero attached hydrogens (tertiary/aromatic N) is 2. The lowest BCUT2D eigenvalue weighted by atomic mass is 10.1. The molecule has 5 heteroatoms. The molecule has 0 radical (unpaired) electrons. The van der Waals surface area contributed by atoms with Gasteiger partial charge in [-0.3, -0.25) is 4.79 Å². The molecule has 1 aromatic carbocycles. The van der Waals surface area contributed by atoms with Gasteiger partial charge in [-0.2, -0.15) is 0 Å². The fraction of sp³-hybridized carbons (Fsp3) is 0.375. The summed E-state index contributed by atoms with van der Waals surface area (Å²) in [5.74, 6) is 0.00538. The Balaban J connectivity index is 1.76. The number of nitrogens with one attached hydrogen (secondary N) is 1. The van der Waals surface area contributed by atoms with E-state index in [-0.39, 0.29) is 11.9 Å². The van der Waals surface area contributed by atoms with Gasteiger partial charge in [-0.05, 0) is 43.9 Å². The lowest BCUT2D eigenvalue weighted by Crippen LogP contribution is -2.38. The Morgan fingerprint density at radius 3 is 3.05 bits per heavy atom. The van der Waals surface area contributed by atoms with Gasteiger partial charge in [0.2, 0.25) is 0 Å². The van der Waals surface area contributed by atoms with Gasteiger partial charge in [-0.25, -0.2) is 4.98 Å². The van der Waals surface area contributed by atoms with E-state index in [2.05, 4.69) is 30.8 Å². The van der Waals surface area contributed by atoms with E-state index in [1.807, 2.05) is 37.6 Å². The summed E-state index contributed by atoms with van der Waals surface area (Å²) in [7, 11) is 0. The van der Waals surface area contributed by atoms with Gasteiger partial charge in [-0.1, -0.05) is 22.0 Å². The average Bonchev–Trinajstić information content (AvgIpc) is 3.11. The van der Waals surface area contributed by atoms with Crippen molar-refractivity contribution in [3.8, 4) is 0 Å². The van der Waals surface area contributed by atoms with E-state index < -0.39 is 0 Å². The maximum absolute atomic E-state index is 12.5. The van der Waals surface area contributed by atoms with Crippen LogP contribution in [0.4, 0.5) is 0 Å². The summed E-state index contributed by atoms with van der Waals surface area (Å²) < 4.78 is 3.03. The Hall–Kier alpha value is -1.62. The van der Waals surface area contributed by atoms with Crippen LogP contribution in [0.25, 0.3) is 0 Å². The van der Waals surface area contributed by atoms with Crippen molar-refractivity contribution in [2.75, 3.05) is 0 Å². The number of aryl methyl sites for hydroxylation is 1. The normalized spacial score (nSPS) is 21.4. The molecule has 1 aliphatic carbocycles. The molecule has 3 rings (SSSR count). The van der Waals surface area contributed by atoms with E-state index in [0.29, 0.717) is 6.04 Å². The quantitative estimate of drug-likeness (QED) is 0.923. The maximum atomic E-state index is 12.5. The number of hydrogen-bond donors (Lipinski definition) is 1. The number of amides is 1. The van der Waals surface area contributed by atoms with E-state index in [1.54, 1.807) is 6.20 Å². The van der Waals surface area contributed by atoms with Crippen LogP contribution in [0.15, 0.2) is 41.4 Å². The third kappa shape index (κ3) is 3.02. The molecule has 1 amide bonds. The highest BCUT2D eigenvalue weighted by Crippen LogP contribution is 2.30. The van der Waals surface area contributed by atoms with E-state index >= 15 is 0 Å². The number of rotatable bonds is 3. The number of carbonyl (C=O) groups excluding carboxylic acids is 1. The van der Waals surface area contributed by atoms with Crippen molar-refractivity contribution < 1.29 is 4.79 Å². The first-order chi connectivity index (χ1) is 10.1. The van der Waals surface area contributed by atoms with Crippen LogP contribution in [0.2, 0.25) is 0 Å². The highest BCUT2D eigenvalue weighted by Gasteiger charge is 2.30. The summed E-state index contributed by atoms with van der Waals surface area (Å²) in [6.45, 7) is 1.96. The number of benzene rings is 1. The molecule has 1 aromatic heterocycles. The van der Waals surface area contributed by atoms with Crippen molar-refractivity contribution >= 4 is 21.8 Å². The van der Waals surface area contributed by atoms with Gasteiger partial charge in [0.05, 0.1) is 12.4 Å². The SMILES string of the molecule is Cc1ccc(Br)cc1C(=O)NC1CCCC1n1ccnc1. The van der Waals surface area contributed by atoms with Crippen molar-refractivity contribution in [2.45, 2.75) is 38.3 Å². The van der Waals surface area contributed by atoms with Gasteiger partial charge >= 0.3 is 0 Å². The van der Waals surface area contributed by atoms with Crippen molar-refractivity contribution in [3.63, 3.8) is 0 Å². The van der Waals surface area contributed by atoms with E-state index in [1.165, 1.54) is 0 Å². The Morgan fingerprint density at radius 2 is 2.29 bits per heavy atom. The summed E-state index contributed by atoms with van der Waals surface area (Å²) >= 11 is 3.43. The van der Waals surface area contributed by atoms with Crippen LogP contribution in [-0.4, -0.2) is 21.5 Å². The predicted octanol–water partition coefficient (Wildman–Crippen LogP) is 3.48. The summed E-state index contributed by atoms with van der Waals surface area (Å²) in [5.41, 5.74) is 1.73. The zero-order valence-electron chi connectivity index (χ0n) is 11.9. The Kier molecular flexibility index (Phi) is 4.10. The van der Waals surface area contributed by atoms with Gasteiger partial charge in [0.1, 0.15) is 0 Å². The van der Waals surface area contributed by atoms with Crippen LogP contribution >= 0.6 is 15.9 Å². The second kappa shape index (κ2) is 6.02. The van der Waals surface area contributed by atoms with Crippen molar-refractivity contribution in [3.05, 3.63) is 52.5 Å². The highest BCUT2D eigenvalue weighted by atomic mass is 79.9. The third-order valence-corrected chi connectivity index (χ3v) is 4.64. The molecule has 1 heterocycles. The van der Waals surface area contributed by atoms with Gasteiger partial charge in [0, 0.05) is 28.5 Å². The largest absolute Gasteiger partial charge is 0.347 e. The molecular weight excluding hydrogens is 330 g/mol. The molecule has 21 heavy (non-hydrogen) atoms. The van der Waals surface area contributed by atoms with Crippen molar-refractivity contribution in [2.24, 2.45) is 0 Å². The van der Waals surface area contributed by atoms with E-state index in [0.717, 1.165) is 34.9 Å². The van der Waals surface area contributed by atoms with Gasteiger partial charge in [0.25, 0.3) is 5.91 Å². The zero-order valence-corrected chi connectivity index (χ0v) is 13.5. The molecule has 0 saturated heterocycles. The standard InChI is InChI=1S/C16H18BrN3O/c1-11-5-6-12(17)9-13(11)16(21)19-14-3-2-4-15(14)20-8-7-18-10-20/h5-10,14-15H,2-4H2,1H3,(H,19,21). The van der Waals surface area contributed by atoms with Crippen LogP contribution < -0.4 is 5.32 Å². The van der Waals surface area contributed by atoms with Crippen LogP contribution in [0, 0.1) is 6.92 Å². The lowest BCUT2D eigenvalue weighted by Gasteiger charge is -2.22. The lowest BCUT2D eigenvalue weighted by molar-refractivity contribution is 0.0928. The molecule has 0 aliphatic heterocycles. The Labute approximate surface area is 132 Å². The molecule has 1 aliphatic rings. The number of hydrogen-bond acceptors (Lipinski definition) is 2. The first-order valence-corrected chi connectivity index (χ1v) is 7.99. The van der Waals surface area contributed by atoms with Crippen LogP contribution in [0.3, 0.4) is 0 Å². The summed E-state index contributed by atoms with van der Waals surface area (Å²) in [6, 6.07) is 6.28. The minimum absolute atomic E-state index is 0.00538. The second-order valence-electron chi connectivity index (χ2n) is 5.55. The summed E-state index contributed by atoms with van der Waals surface area (Å²) in [5, 5.41) is 3.19. The van der Waals surface area contributed by atoms with E-state index in [9.17, 15) is 4.79 Å². The summed E-state index contributed by atoms with van der Waals surface area (Å²) in [6.07, 6.45) is 8.82. The maximum Gasteiger partial charge on any atom is 0.251 e. The molecule has 2 unspecified atom stereocenters. The fourth-order valence-electron chi connectivity index (χ4n) is 3.02. The molecule has 1 saturated carbocycles. The molecule has 110 valence electrons.